The van der Waals surface area contributed by atoms with Gasteiger partial charge in [0.2, 0.25) is 0 Å². The molecule has 2 heteroatoms. The van der Waals surface area contributed by atoms with Crippen molar-refractivity contribution in [3.63, 3.8) is 0 Å². The van der Waals surface area contributed by atoms with Crippen molar-refractivity contribution in [3.05, 3.63) is 34.9 Å². The second-order valence-electron chi connectivity index (χ2n) is 4.93. The summed E-state index contributed by atoms with van der Waals surface area (Å²) >= 11 is 0. The van der Waals surface area contributed by atoms with Gasteiger partial charge in [0, 0.05) is 26.1 Å². The lowest BCUT2D eigenvalue weighted by molar-refractivity contribution is -0.117. The second kappa shape index (κ2) is 5.46. The quantitative estimate of drug-likeness (QED) is 0.794. The highest BCUT2D eigenvalue weighted by Crippen LogP contribution is 2.20. The van der Waals surface area contributed by atoms with Crippen molar-refractivity contribution in [2.24, 2.45) is 0 Å². The van der Waals surface area contributed by atoms with Gasteiger partial charge in [-0.1, -0.05) is 25.1 Å². The van der Waals surface area contributed by atoms with Crippen molar-refractivity contribution in [2.45, 2.75) is 39.7 Å². The van der Waals surface area contributed by atoms with Gasteiger partial charge in [0.15, 0.2) is 0 Å². The Labute approximate surface area is 104 Å². The van der Waals surface area contributed by atoms with Crippen LogP contribution in [0.15, 0.2) is 18.2 Å². The van der Waals surface area contributed by atoms with E-state index in [1.165, 1.54) is 16.7 Å². The smallest absolute Gasteiger partial charge is 0.131 e. The number of hydrogen-bond acceptors (Lipinski definition) is 2. The fourth-order valence-corrected chi connectivity index (χ4v) is 2.39. The topological polar surface area (TPSA) is 20.3 Å². The van der Waals surface area contributed by atoms with E-state index in [9.17, 15) is 4.79 Å². The van der Waals surface area contributed by atoms with Gasteiger partial charge < -0.3 is 0 Å². The van der Waals surface area contributed by atoms with Crippen molar-refractivity contribution in [1.82, 2.24) is 4.90 Å². The zero-order valence-corrected chi connectivity index (χ0v) is 10.8. The number of aryl methyl sites for hydroxylation is 1. The fourth-order valence-electron chi connectivity index (χ4n) is 2.39. The van der Waals surface area contributed by atoms with E-state index < -0.39 is 0 Å². The highest BCUT2D eigenvalue weighted by Gasteiger charge is 2.16. The number of benzene rings is 1. The first-order valence-electron chi connectivity index (χ1n) is 6.51. The van der Waals surface area contributed by atoms with Crippen LogP contribution in [0.5, 0.6) is 0 Å². The molecule has 1 aliphatic heterocycles. The molecule has 92 valence electrons. The van der Waals surface area contributed by atoms with Crippen LogP contribution in [0.4, 0.5) is 0 Å². The van der Waals surface area contributed by atoms with E-state index in [4.69, 9.17) is 0 Å². The summed E-state index contributed by atoms with van der Waals surface area (Å²) in [6, 6.07) is 6.83. The van der Waals surface area contributed by atoms with Crippen LogP contribution in [-0.2, 0) is 24.2 Å². The lowest BCUT2D eigenvalue weighted by Gasteiger charge is -2.28. The molecule has 0 atom stereocenters. The van der Waals surface area contributed by atoms with Crippen LogP contribution < -0.4 is 0 Å². The summed E-state index contributed by atoms with van der Waals surface area (Å²) in [4.78, 5) is 13.4. The van der Waals surface area contributed by atoms with E-state index >= 15 is 0 Å². The molecule has 0 unspecified atom stereocenters. The summed E-state index contributed by atoms with van der Waals surface area (Å²) in [7, 11) is 0. The minimum Gasteiger partial charge on any atom is -0.300 e. The molecule has 0 aliphatic carbocycles. The molecule has 0 saturated carbocycles. The van der Waals surface area contributed by atoms with E-state index in [0.29, 0.717) is 6.42 Å². The van der Waals surface area contributed by atoms with Crippen LogP contribution in [0.2, 0.25) is 0 Å². The summed E-state index contributed by atoms with van der Waals surface area (Å²) in [6.07, 6.45) is 2.92. The molecule has 0 amide bonds. The molecule has 2 rings (SSSR count). The zero-order chi connectivity index (χ0) is 12.3. The van der Waals surface area contributed by atoms with Gasteiger partial charge in [0.1, 0.15) is 5.78 Å². The minimum atomic E-state index is 0.289. The van der Waals surface area contributed by atoms with Gasteiger partial charge in [-0.15, -0.1) is 0 Å². The van der Waals surface area contributed by atoms with E-state index in [0.717, 1.165) is 32.5 Å². The summed E-state index contributed by atoms with van der Waals surface area (Å²) in [5.41, 5.74) is 4.38. The number of hydrogen-bond donors (Lipinski definition) is 0. The van der Waals surface area contributed by atoms with Crippen molar-refractivity contribution in [2.75, 3.05) is 13.1 Å². The number of nitrogens with zero attached hydrogens (tertiary/aromatic N) is 1. The van der Waals surface area contributed by atoms with Gasteiger partial charge in [-0.25, -0.2) is 0 Å². The Morgan fingerprint density at radius 1 is 1.35 bits per heavy atom. The molecule has 2 nitrogen and oxygen atoms in total. The summed E-state index contributed by atoms with van der Waals surface area (Å²) in [6.45, 7) is 6.87. The Morgan fingerprint density at radius 2 is 2.18 bits per heavy atom. The van der Waals surface area contributed by atoms with E-state index in [-0.39, 0.29) is 5.78 Å². The summed E-state index contributed by atoms with van der Waals surface area (Å²) in [5.74, 6) is 0.289. The summed E-state index contributed by atoms with van der Waals surface area (Å²) < 4.78 is 0. The number of rotatable bonds is 4. The molecule has 0 spiro atoms. The molecular formula is C15H21NO. The van der Waals surface area contributed by atoms with E-state index in [2.05, 4.69) is 30.0 Å². The van der Waals surface area contributed by atoms with Crippen LogP contribution in [0.1, 0.15) is 37.0 Å². The molecule has 1 aliphatic rings. The molecule has 1 heterocycles. The number of ketones is 1. The number of fused-ring (bicyclic) bond motifs is 1. The largest absolute Gasteiger partial charge is 0.300 e. The molecule has 0 aromatic heterocycles. The normalized spacial score (nSPS) is 15.6. The van der Waals surface area contributed by atoms with Gasteiger partial charge in [-0.2, -0.15) is 0 Å². The van der Waals surface area contributed by atoms with Crippen LogP contribution in [0.25, 0.3) is 0 Å². The highest BCUT2D eigenvalue weighted by atomic mass is 16.1. The lowest BCUT2D eigenvalue weighted by Crippen LogP contribution is -2.32. The first kappa shape index (κ1) is 12.3. The van der Waals surface area contributed by atoms with Crippen molar-refractivity contribution < 1.29 is 4.79 Å². The van der Waals surface area contributed by atoms with E-state index in [1.54, 1.807) is 6.92 Å². The average molecular weight is 231 g/mol. The first-order valence-corrected chi connectivity index (χ1v) is 6.51. The van der Waals surface area contributed by atoms with Crippen LogP contribution >= 0.6 is 0 Å². The molecule has 0 N–H and O–H groups in total. The third-order valence-corrected chi connectivity index (χ3v) is 3.55. The molecule has 0 bridgehead atoms. The molecular weight excluding hydrogens is 210 g/mol. The third kappa shape index (κ3) is 3.16. The Morgan fingerprint density at radius 3 is 2.88 bits per heavy atom. The highest BCUT2D eigenvalue weighted by molar-refractivity contribution is 5.75. The Bertz CT molecular complexity index is 411. The number of Topliss-reactive ketones (excluding diaryl/α,β-unsaturated/α-hetero) is 1. The zero-order valence-electron chi connectivity index (χ0n) is 10.8. The maximum atomic E-state index is 11.0. The van der Waals surface area contributed by atoms with Crippen molar-refractivity contribution in [3.8, 4) is 0 Å². The Kier molecular flexibility index (Phi) is 3.95. The van der Waals surface area contributed by atoms with Crippen LogP contribution in [-0.4, -0.2) is 23.8 Å². The van der Waals surface area contributed by atoms with Gasteiger partial charge in [-0.3, -0.25) is 9.69 Å². The molecule has 1 aromatic rings. The lowest BCUT2D eigenvalue weighted by atomic mass is 9.96. The van der Waals surface area contributed by atoms with Crippen molar-refractivity contribution in [1.29, 1.82) is 0 Å². The van der Waals surface area contributed by atoms with Crippen LogP contribution in [0.3, 0.4) is 0 Å². The maximum Gasteiger partial charge on any atom is 0.131 e. The van der Waals surface area contributed by atoms with Crippen molar-refractivity contribution >= 4 is 5.78 Å². The Balaban J connectivity index is 2.01. The number of carbonyl (C=O) groups is 1. The molecule has 17 heavy (non-hydrogen) atoms. The number of carbonyl (C=O) groups excluding carboxylic acids is 1. The van der Waals surface area contributed by atoms with Crippen LogP contribution in [0, 0.1) is 0 Å². The predicted octanol–water partition coefficient (Wildman–Crippen LogP) is 2.59. The molecule has 0 radical (unpaired) electrons. The van der Waals surface area contributed by atoms with Gasteiger partial charge in [0.25, 0.3) is 0 Å². The Hall–Kier alpha value is -1.15. The minimum absolute atomic E-state index is 0.289. The standard InChI is InChI=1S/C15H21NO/c1-3-13-4-5-15-11-16(8-6-12(2)17)9-7-14(15)10-13/h4-5,10H,3,6-9,11H2,1-2H3. The predicted molar refractivity (Wildman–Crippen MR) is 70.1 cm³/mol. The SMILES string of the molecule is CCc1ccc2c(c1)CCN(CCC(C)=O)C2. The average Bonchev–Trinajstić information content (AvgIpc) is 2.35. The molecule has 0 fully saturated rings. The van der Waals surface area contributed by atoms with Gasteiger partial charge in [-0.05, 0) is 36.5 Å². The third-order valence-electron chi connectivity index (χ3n) is 3.55. The fraction of sp³-hybridized carbons (Fsp3) is 0.533. The van der Waals surface area contributed by atoms with Gasteiger partial charge >= 0.3 is 0 Å². The molecule has 1 aromatic carbocycles. The summed E-state index contributed by atoms with van der Waals surface area (Å²) in [5, 5.41) is 0. The van der Waals surface area contributed by atoms with Gasteiger partial charge in [0.05, 0.1) is 0 Å². The molecule has 0 saturated heterocycles. The first-order chi connectivity index (χ1) is 8.19. The van der Waals surface area contributed by atoms with E-state index in [1.807, 2.05) is 0 Å². The monoisotopic (exact) mass is 231 g/mol. The second-order valence-corrected chi connectivity index (χ2v) is 4.93. The maximum absolute atomic E-state index is 11.0.